The Morgan fingerprint density at radius 2 is 1.91 bits per heavy atom. The van der Waals surface area contributed by atoms with Gasteiger partial charge in [0.15, 0.2) is 5.13 Å². The monoisotopic (exact) mass is 383 g/mol. The van der Waals surface area contributed by atoms with Crippen LogP contribution in [0.15, 0.2) is 58.4 Å². The molecule has 3 rings (SSSR count). The fraction of sp³-hybridized carbons (Fsp3) is 0. The van der Waals surface area contributed by atoms with Crippen LogP contribution >= 0.6 is 27.3 Å². The molecule has 0 aliphatic rings. The highest BCUT2D eigenvalue weighted by Gasteiger charge is 2.12. The van der Waals surface area contributed by atoms with Gasteiger partial charge < -0.3 is 0 Å². The van der Waals surface area contributed by atoms with Crippen LogP contribution in [-0.4, -0.2) is 10.9 Å². The highest BCUT2D eigenvalue weighted by molar-refractivity contribution is 9.10. The van der Waals surface area contributed by atoms with E-state index in [2.05, 4.69) is 32.3 Å². The largest absolute Gasteiger partial charge is 0.298 e. The van der Waals surface area contributed by atoms with Crippen molar-refractivity contribution in [3.05, 3.63) is 69.5 Å². The number of benzene rings is 2. The van der Waals surface area contributed by atoms with Gasteiger partial charge in [-0.3, -0.25) is 10.1 Å². The van der Waals surface area contributed by atoms with Crippen molar-refractivity contribution in [2.24, 2.45) is 0 Å². The van der Waals surface area contributed by atoms with Gasteiger partial charge in [-0.2, -0.15) is 5.26 Å². The van der Waals surface area contributed by atoms with Gasteiger partial charge in [0.25, 0.3) is 5.91 Å². The van der Waals surface area contributed by atoms with Crippen LogP contribution in [0.2, 0.25) is 0 Å². The molecule has 0 aliphatic carbocycles. The quantitative estimate of drug-likeness (QED) is 0.712. The predicted molar refractivity (Wildman–Crippen MR) is 94.4 cm³/mol. The Hall–Kier alpha value is -2.49. The van der Waals surface area contributed by atoms with Gasteiger partial charge in [-0.25, -0.2) is 4.98 Å². The molecule has 112 valence electrons. The molecule has 0 bridgehead atoms. The standard InChI is InChI=1S/C17H10BrN3OS/c18-14-4-2-1-3-13(14)16(22)21-17-20-15(10-23-17)12-7-5-11(9-19)6-8-12/h1-8,10H,(H,20,21,22). The van der Waals surface area contributed by atoms with Crippen molar-refractivity contribution in [3.8, 4) is 17.3 Å². The van der Waals surface area contributed by atoms with Gasteiger partial charge in [-0.05, 0) is 40.2 Å². The van der Waals surface area contributed by atoms with Crippen LogP contribution in [0.25, 0.3) is 11.3 Å². The number of thiazole rings is 1. The van der Waals surface area contributed by atoms with Crippen molar-refractivity contribution in [1.82, 2.24) is 4.98 Å². The number of aromatic nitrogens is 1. The Morgan fingerprint density at radius 3 is 2.61 bits per heavy atom. The number of rotatable bonds is 3. The lowest BCUT2D eigenvalue weighted by Gasteiger charge is -2.03. The molecule has 0 spiro atoms. The third kappa shape index (κ3) is 3.47. The second-order valence-electron chi connectivity index (χ2n) is 4.66. The maximum Gasteiger partial charge on any atom is 0.258 e. The van der Waals surface area contributed by atoms with Gasteiger partial charge in [0.1, 0.15) is 0 Å². The van der Waals surface area contributed by atoms with E-state index >= 15 is 0 Å². The molecular formula is C17H10BrN3OS. The number of carbonyl (C=O) groups is 1. The zero-order valence-corrected chi connectivity index (χ0v) is 14.2. The van der Waals surface area contributed by atoms with Crippen molar-refractivity contribution < 1.29 is 4.79 Å². The van der Waals surface area contributed by atoms with E-state index in [0.717, 1.165) is 15.7 Å². The summed E-state index contributed by atoms with van der Waals surface area (Å²) in [4.78, 5) is 16.7. The molecular weight excluding hydrogens is 374 g/mol. The number of anilines is 1. The number of halogens is 1. The molecule has 0 atom stereocenters. The highest BCUT2D eigenvalue weighted by Crippen LogP contribution is 2.26. The second kappa shape index (κ2) is 6.73. The summed E-state index contributed by atoms with van der Waals surface area (Å²) in [5.74, 6) is -0.210. The first-order chi connectivity index (χ1) is 11.2. The van der Waals surface area contributed by atoms with Crippen molar-refractivity contribution >= 4 is 38.3 Å². The van der Waals surface area contributed by atoms with Crippen molar-refractivity contribution in [2.45, 2.75) is 0 Å². The minimum Gasteiger partial charge on any atom is -0.298 e. The molecule has 0 unspecified atom stereocenters. The Bertz CT molecular complexity index is 897. The van der Waals surface area contributed by atoms with Gasteiger partial charge in [0, 0.05) is 15.4 Å². The Kier molecular flexibility index (Phi) is 4.51. The number of carbonyl (C=O) groups excluding carboxylic acids is 1. The zero-order chi connectivity index (χ0) is 16.2. The van der Waals surface area contributed by atoms with E-state index in [0.29, 0.717) is 16.3 Å². The minimum atomic E-state index is -0.210. The van der Waals surface area contributed by atoms with E-state index < -0.39 is 0 Å². The summed E-state index contributed by atoms with van der Waals surface area (Å²) in [5.41, 5.74) is 2.83. The number of hydrogen-bond donors (Lipinski definition) is 1. The number of nitrogens with one attached hydrogen (secondary N) is 1. The molecule has 0 radical (unpaired) electrons. The van der Waals surface area contributed by atoms with Gasteiger partial charge in [-0.1, -0.05) is 24.3 Å². The predicted octanol–water partition coefficient (Wildman–Crippen LogP) is 4.70. The average Bonchev–Trinajstić information content (AvgIpc) is 3.03. The van der Waals surface area contributed by atoms with Crippen LogP contribution in [0.1, 0.15) is 15.9 Å². The third-order valence-corrected chi connectivity index (χ3v) is 4.60. The Balaban J connectivity index is 1.78. The normalized spacial score (nSPS) is 10.1. The second-order valence-corrected chi connectivity index (χ2v) is 6.37. The van der Waals surface area contributed by atoms with Gasteiger partial charge in [0.05, 0.1) is 22.9 Å². The molecule has 0 fully saturated rings. The smallest absolute Gasteiger partial charge is 0.258 e. The summed E-state index contributed by atoms with van der Waals surface area (Å²) in [6, 6.07) is 16.5. The summed E-state index contributed by atoms with van der Waals surface area (Å²) < 4.78 is 0.737. The first-order valence-electron chi connectivity index (χ1n) is 6.69. The molecule has 23 heavy (non-hydrogen) atoms. The van der Waals surface area contributed by atoms with Crippen LogP contribution < -0.4 is 5.32 Å². The molecule has 3 aromatic rings. The molecule has 1 amide bonds. The molecule has 1 aromatic heterocycles. The number of amides is 1. The third-order valence-electron chi connectivity index (χ3n) is 3.15. The lowest BCUT2D eigenvalue weighted by Crippen LogP contribution is -2.12. The molecule has 6 heteroatoms. The molecule has 0 aliphatic heterocycles. The zero-order valence-electron chi connectivity index (χ0n) is 11.8. The molecule has 1 heterocycles. The molecule has 1 N–H and O–H groups in total. The summed E-state index contributed by atoms with van der Waals surface area (Å²) in [6.07, 6.45) is 0. The van der Waals surface area contributed by atoms with Crippen LogP contribution in [0.3, 0.4) is 0 Å². The molecule has 2 aromatic carbocycles. The van der Waals surface area contributed by atoms with Crippen LogP contribution in [0.4, 0.5) is 5.13 Å². The number of nitriles is 1. The van der Waals surface area contributed by atoms with E-state index in [-0.39, 0.29) is 5.91 Å². The van der Waals surface area contributed by atoms with Gasteiger partial charge in [0.2, 0.25) is 0 Å². The van der Waals surface area contributed by atoms with Crippen molar-refractivity contribution in [1.29, 1.82) is 5.26 Å². The first kappa shape index (κ1) is 15.4. The average molecular weight is 384 g/mol. The Labute approximate surface area is 145 Å². The van der Waals surface area contributed by atoms with E-state index in [1.165, 1.54) is 11.3 Å². The van der Waals surface area contributed by atoms with Crippen LogP contribution in [0, 0.1) is 11.3 Å². The summed E-state index contributed by atoms with van der Waals surface area (Å²) >= 11 is 4.72. The number of hydrogen-bond acceptors (Lipinski definition) is 4. The van der Waals surface area contributed by atoms with Crippen LogP contribution in [-0.2, 0) is 0 Å². The van der Waals surface area contributed by atoms with Crippen molar-refractivity contribution in [3.63, 3.8) is 0 Å². The maximum absolute atomic E-state index is 12.3. The van der Waals surface area contributed by atoms with E-state index in [1.807, 2.05) is 35.7 Å². The topological polar surface area (TPSA) is 65.8 Å². The fourth-order valence-electron chi connectivity index (χ4n) is 1.99. The summed E-state index contributed by atoms with van der Waals surface area (Å²) in [5, 5.41) is 14.0. The first-order valence-corrected chi connectivity index (χ1v) is 8.36. The lowest BCUT2D eigenvalue weighted by atomic mass is 10.1. The molecule has 4 nitrogen and oxygen atoms in total. The highest BCUT2D eigenvalue weighted by atomic mass is 79.9. The van der Waals surface area contributed by atoms with Crippen LogP contribution in [0.5, 0.6) is 0 Å². The minimum absolute atomic E-state index is 0.210. The maximum atomic E-state index is 12.3. The molecule has 0 saturated carbocycles. The van der Waals surface area contributed by atoms with E-state index in [1.54, 1.807) is 18.2 Å². The van der Waals surface area contributed by atoms with E-state index in [9.17, 15) is 4.79 Å². The van der Waals surface area contributed by atoms with E-state index in [4.69, 9.17) is 5.26 Å². The lowest BCUT2D eigenvalue weighted by molar-refractivity contribution is 0.102. The number of nitrogens with zero attached hydrogens (tertiary/aromatic N) is 2. The summed E-state index contributed by atoms with van der Waals surface area (Å²) in [7, 11) is 0. The van der Waals surface area contributed by atoms with Gasteiger partial charge >= 0.3 is 0 Å². The fourth-order valence-corrected chi connectivity index (χ4v) is 3.17. The van der Waals surface area contributed by atoms with Gasteiger partial charge in [-0.15, -0.1) is 11.3 Å². The Morgan fingerprint density at radius 1 is 1.17 bits per heavy atom. The van der Waals surface area contributed by atoms with Crippen molar-refractivity contribution in [2.75, 3.05) is 5.32 Å². The SMILES string of the molecule is N#Cc1ccc(-c2csc(NC(=O)c3ccccc3Br)n2)cc1. The molecule has 0 saturated heterocycles. The summed E-state index contributed by atoms with van der Waals surface area (Å²) in [6.45, 7) is 0.